The molecule has 0 saturated heterocycles. The first-order valence-corrected chi connectivity index (χ1v) is 6.08. The summed E-state index contributed by atoms with van der Waals surface area (Å²) in [7, 11) is 1.62. The van der Waals surface area contributed by atoms with Crippen LogP contribution in [0.5, 0.6) is 0 Å². The number of ether oxygens (including phenoxy) is 1. The van der Waals surface area contributed by atoms with Crippen LogP contribution in [-0.2, 0) is 4.74 Å². The van der Waals surface area contributed by atoms with Crippen molar-refractivity contribution >= 4 is 11.7 Å². The largest absolute Gasteiger partial charge is 0.383 e. The normalized spacial score (nSPS) is 12.1. The highest BCUT2D eigenvalue weighted by Crippen LogP contribution is 2.21. The third kappa shape index (κ3) is 4.04. The summed E-state index contributed by atoms with van der Waals surface area (Å²) in [4.78, 5) is 11.8. The summed E-state index contributed by atoms with van der Waals surface area (Å²) in [6.07, 6.45) is 0. The SMILES string of the molecule is COCC(C)NC(=O)Nc1c(C)cc(C)cc1C. The zero-order valence-electron chi connectivity index (χ0n) is 11.8. The summed E-state index contributed by atoms with van der Waals surface area (Å²) in [5.41, 5.74) is 4.22. The second-order valence-electron chi connectivity index (χ2n) is 4.73. The van der Waals surface area contributed by atoms with Crippen LogP contribution in [0.1, 0.15) is 23.6 Å². The first-order valence-electron chi connectivity index (χ1n) is 6.08. The van der Waals surface area contributed by atoms with Gasteiger partial charge in [-0.25, -0.2) is 4.79 Å². The van der Waals surface area contributed by atoms with Gasteiger partial charge in [0.25, 0.3) is 0 Å². The molecule has 2 amide bonds. The highest BCUT2D eigenvalue weighted by atomic mass is 16.5. The van der Waals surface area contributed by atoms with E-state index in [1.54, 1.807) is 7.11 Å². The molecule has 0 bridgehead atoms. The van der Waals surface area contributed by atoms with Crippen LogP contribution < -0.4 is 10.6 Å². The highest BCUT2D eigenvalue weighted by Gasteiger charge is 2.10. The highest BCUT2D eigenvalue weighted by molar-refractivity contribution is 5.91. The van der Waals surface area contributed by atoms with Crippen molar-refractivity contribution in [3.05, 3.63) is 28.8 Å². The number of rotatable bonds is 4. The molecule has 0 aliphatic heterocycles. The lowest BCUT2D eigenvalue weighted by molar-refractivity contribution is 0.173. The number of nitrogens with one attached hydrogen (secondary N) is 2. The molecule has 0 heterocycles. The van der Waals surface area contributed by atoms with Crippen molar-refractivity contribution in [1.82, 2.24) is 5.32 Å². The van der Waals surface area contributed by atoms with E-state index in [9.17, 15) is 4.79 Å². The standard InChI is InChI=1S/C14H22N2O2/c1-9-6-10(2)13(11(3)7-9)16-14(17)15-12(4)8-18-5/h6-7,12H,8H2,1-5H3,(H2,15,16,17). The second kappa shape index (κ2) is 6.40. The fourth-order valence-electron chi connectivity index (χ4n) is 2.04. The average molecular weight is 250 g/mol. The summed E-state index contributed by atoms with van der Waals surface area (Å²) in [5, 5.41) is 5.71. The molecule has 1 rings (SSSR count). The molecule has 18 heavy (non-hydrogen) atoms. The van der Waals surface area contributed by atoms with Crippen molar-refractivity contribution in [2.45, 2.75) is 33.7 Å². The van der Waals surface area contributed by atoms with E-state index < -0.39 is 0 Å². The lowest BCUT2D eigenvalue weighted by Gasteiger charge is -2.16. The minimum atomic E-state index is -0.199. The fourth-order valence-corrected chi connectivity index (χ4v) is 2.04. The Morgan fingerprint density at radius 3 is 2.33 bits per heavy atom. The molecule has 0 fully saturated rings. The van der Waals surface area contributed by atoms with Gasteiger partial charge in [0, 0.05) is 12.8 Å². The van der Waals surface area contributed by atoms with E-state index in [4.69, 9.17) is 4.74 Å². The van der Waals surface area contributed by atoms with Gasteiger partial charge in [0.1, 0.15) is 0 Å². The number of benzene rings is 1. The van der Waals surface area contributed by atoms with E-state index in [1.165, 1.54) is 5.56 Å². The lowest BCUT2D eigenvalue weighted by atomic mass is 10.1. The van der Waals surface area contributed by atoms with E-state index in [0.29, 0.717) is 6.61 Å². The number of hydrogen-bond donors (Lipinski definition) is 2. The molecular formula is C14H22N2O2. The second-order valence-corrected chi connectivity index (χ2v) is 4.73. The van der Waals surface area contributed by atoms with Crippen LogP contribution in [-0.4, -0.2) is 25.8 Å². The molecule has 100 valence electrons. The number of amides is 2. The average Bonchev–Trinajstić information content (AvgIpc) is 2.23. The van der Waals surface area contributed by atoms with E-state index in [-0.39, 0.29) is 12.1 Å². The third-order valence-electron chi connectivity index (χ3n) is 2.71. The molecule has 1 atom stereocenters. The molecular weight excluding hydrogens is 228 g/mol. The van der Waals surface area contributed by atoms with Gasteiger partial charge in [-0.2, -0.15) is 0 Å². The van der Waals surface area contributed by atoms with Crippen molar-refractivity contribution in [1.29, 1.82) is 0 Å². The maximum atomic E-state index is 11.8. The summed E-state index contributed by atoms with van der Waals surface area (Å²) in [6.45, 7) is 8.43. The molecule has 0 saturated carbocycles. The van der Waals surface area contributed by atoms with Gasteiger partial charge >= 0.3 is 6.03 Å². The van der Waals surface area contributed by atoms with Crippen LogP contribution in [0.3, 0.4) is 0 Å². The van der Waals surface area contributed by atoms with E-state index in [2.05, 4.69) is 22.8 Å². The topological polar surface area (TPSA) is 50.4 Å². The number of anilines is 1. The van der Waals surface area contributed by atoms with Crippen LogP contribution >= 0.6 is 0 Å². The van der Waals surface area contributed by atoms with E-state index in [1.807, 2.05) is 27.7 Å². The predicted molar refractivity (Wildman–Crippen MR) is 74.1 cm³/mol. The van der Waals surface area contributed by atoms with Gasteiger partial charge in [-0.05, 0) is 38.8 Å². The summed E-state index contributed by atoms with van der Waals surface area (Å²) in [5.74, 6) is 0. The zero-order chi connectivity index (χ0) is 13.7. The summed E-state index contributed by atoms with van der Waals surface area (Å²) >= 11 is 0. The Morgan fingerprint density at radius 1 is 1.28 bits per heavy atom. The number of urea groups is 1. The minimum Gasteiger partial charge on any atom is -0.383 e. The van der Waals surface area contributed by atoms with Crippen molar-refractivity contribution in [3.63, 3.8) is 0 Å². The van der Waals surface area contributed by atoms with Gasteiger partial charge in [-0.3, -0.25) is 0 Å². The molecule has 0 aliphatic rings. The van der Waals surface area contributed by atoms with Crippen LogP contribution in [0, 0.1) is 20.8 Å². The third-order valence-corrected chi connectivity index (χ3v) is 2.71. The Labute approximate surface area is 109 Å². The zero-order valence-corrected chi connectivity index (χ0v) is 11.8. The van der Waals surface area contributed by atoms with Crippen molar-refractivity contribution in [2.75, 3.05) is 19.0 Å². The molecule has 1 aromatic rings. The first-order chi connectivity index (χ1) is 8.43. The summed E-state index contributed by atoms with van der Waals surface area (Å²) < 4.78 is 4.98. The predicted octanol–water partition coefficient (Wildman–Crippen LogP) is 2.77. The molecule has 1 aromatic carbocycles. The summed E-state index contributed by atoms with van der Waals surface area (Å²) in [6, 6.07) is 3.90. The van der Waals surface area contributed by atoms with Gasteiger partial charge in [0.05, 0.1) is 12.6 Å². The number of hydrogen-bond acceptors (Lipinski definition) is 2. The molecule has 0 aromatic heterocycles. The van der Waals surface area contributed by atoms with Crippen LogP contribution in [0.4, 0.5) is 10.5 Å². The number of carbonyl (C=O) groups is 1. The maximum Gasteiger partial charge on any atom is 0.319 e. The van der Waals surface area contributed by atoms with Crippen LogP contribution in [0.25, 0.3) is 0 Å². The molecule has 0 aliphatic carbocycles. The van der Waals surface area contributed by atoms with Crippen molar-refractivity contribution in [3.8, 4) is 0 Å². The van der Waals surface area contributed by atoms with E-state index >= 15 is 0 Å². The number of carbonyl (C=O) groups excluding carboxylic acids is 1. The monoisotopic (exact) mass is 250 g/mol. The minimum absolute atomic E-state index is 0.0129. The molecule has 0 spiro atoms. The van der Waals surface area contributed by atoms with Gasteiger partial charge in [-0.1, -0.05) is 17.7 Å². The number of methoxy groups -OCH3 is 1. The van der Waals surface area contributed by atoms with Gasteiger partial charge in [-0.15, -0.1) is 0 Å². The van der Waals surface area contributed by atoms with Gasteiger partial charge < -0.3 is 15.4 Å². The molecule has 4 nitrogen and oxygen atoms in total. The smallest absolute Gasteiger partial charge is 0.319 e. The molecule has 2 N–H and O–H groups in total. The molecule has 1 unspecified atom stereocenters. The van der Waals surface area contributed by atoms with Gasteiger partial charge in [0.2, 0.25) is 0 Å². The first kappa shape index (κ1) is 14.5. The van der Waals surface area contributed by atoms with Crippen molar-refractivity contribution < 1.29 is 9.53 Å². The Balaban J connectivity index is 2.70. The fraction of sp³-hybridized carbons (Fsp3) is 0.500. The Kier molecular flexibility index (Phi) is 5.16. The van der Waals surface area contributed by atoms with Gasteiger partial charge in [0.15, 0.2) is 0 Å². The van der Waals surface area contributed by atoms with E-state index in [0.717, 1.165) is 16.8 Å². The Bertz CT molecular complexity index is 407. The molecule has 4 heteroatoms. The Hall–Kier alpha value is -1.55. The Morgan fingerprint density at radius 2 is 1.83 bits per heavy atom. The lowest BCUT2D eigenvalue weighted by Crippen LogP contribution is -2.38. The van der Waals surface area contributed by atoms with Crippen LogP contribution in [0.15, 0.2) is 12.1 Å². The van der Waals surface area contributed by atoms with Crippen molar-refractivity contribution in [2.24, 2.45) is 0 Å². The molecule has 0 radical (unpaired) electrons. The maximum absolute atomic E-state index is 11.8. The van der Waals surface area contributed by atoms with Crippen LogP contribution in [0.2, 0.25) is 0 Å². The number of aryl methyl sites for hydroxylation is 3. The quantitative estimate of drug-likeness (QED) is 0.863.